The number of hydrogen-bond donors (Lipinski definition) is 1. The molecular weight excluding hydrogens is 398 g/mol. The summed E-state index contributed by atoms with van der Waals surface area (Å²) >= 11 is 0. The fraction of sp³-hybridized carbons (Fsp3) is 0.182. The van der Waals surface area contributed by atoms with Crippen LogP contribution in [0.3, 0.4) is 0 Å². The van der Waals surface area contributed by atoms with Gasteiger partial charge in [0.15, 0.2) is 0 Å². The lowest BCUT2D eigenvalue weighted by Crippen LogP contribution is -2.24. The molecule has 4 rings (SSSR count). The minimum absolute atomic E-state index is 0.118. The van der Waals surface area contributed by atoms with Gasteiger partial charge in [-0.2, -0.15) is 10.2 Å². The Hall–Kier alpha value is -3.23. The van der Waals surface area contributed by atoms with E-state index in [-0.39, 0.29) is 11.4 Å². The number of aryl methyl sites for hydroxylation is 2. The van der Waals surface area contributed by atoms with Gasteiger partial charge >= 0.3 is 0 Å². The zero-order chi connectivity index (χ0) is 21.3. The van der Waals surface area contributed by atoms with E-state index in [1.807, 2.05) is 66.9 Å². The summed E-state index contributed by atoms with van der Waals surface area (Å²) in [5.41, 5.74) is 4.43. The Labute approximate surface area is 176 Å². The summed E-state index contributed by atoms with van der Waals surface area (Å²) in [7, 11) is -1.99. The lowest BCUT2D eigenvalue weighted by atomic mass is 10.1. The zero-order valence-electron chi connectivity index (χ0n) is 17.1. The van der Waals surface area contributed by atoms with Crippen molar-refractivity contribution in [3.8, 4) is 16.9 Å². The first-order valence-corrected chi connectivity index (χ1v) is 11.0. The highest BCUT2D eigenvalue weighted by Gasteiger charge is 2.24. The number of sulfonamides is 1. The number of para-hydroxylation sites is 1. The molecule has 30 heavy (non-hydrogen) atoms. The lowest BCUT2D eigenvalue weighted by Gasteiger charge is -2.07. The van der Waals surface area contributed by atoms with Gasteiger partial charge in [-0.25, -0.2) is 17.8 Å². The van der Waals surface area contributed by atoms with Crippen molar-refractivity contribution in [1.29, 1.82) is 0 Å². The van der Waals surface area contributed by atoms with E-state index in [2.05, 4.69) is 9.82 Å². The van der Waals surface area contributed by atoms with E-state index in [0.717, 1.165) is 22.5 Å². The van der Waals surface area contributed by atoms with Crippen LogP contribution < -0.4 is 4.72 Å². The maximum Gasteiger partial charge on any atom is 0.244 e. The van der Waals surface area contributed by atoms with Crippen LogP contribution in [0.15, 0.2) is 71.8 Å². The van der Waals surface area contributed by atoms with Gasteiger partial charge in [-0.05, 0) is 26.0 Å². The van der Waals surface area contributed by atoms with E-state index in [9.17, 15) is 8.42 Å². The predicted octanol–water partition coefficient (Wildman–Crippen LogP) is 3.37. The van der Waals surface area contributed by atoms with E-state index in [4.69, 9.17) is 5.10 Å². The molecule has 0 saturated carbocycles. The molecule has 2 aromatic heterocycles. The van der Waals surface area contributed by atoms with Gasteiger partial charge in [0.05, 0.1) is 22.8 Å². The number of aromatic nitrogens is 4. The molecule has 0 amide bonds. The van der Waals surface area contributed by atoms with Crippen molar-refractivity contribution in [2.24, 2.45) is 7.05 Å². The molecule has 7 nitrogen and oxygen atoms in total. The summed E-state index contributed by atoms with van der Waals surface area (Å²) in [6, 6.07) is 19.5. The molecule has 0 radical (unpaired) electrons. The number of rotatable bonds is 6. The molecule has 154 valence electrons. The fourth-order valence-corrected chi connectivity index (χ4v) is 4.92. The number of nitrogens with zero attached hydrogens (tertiary/aromatic N) is 4. The van der Waals surface area contributed by atoms with Crippen LogP contribution in [0.4, 0.5) is 0 Å². The highest BCUT2D eigenvalue weighted by atomic mass is 32.2. The third-order valence-corrected chi connectivity index (χ3v) is 6.67. The van der Waals surface area contributed by atoms with Crippen LogP contribution in [-0.4, -0.2) is 28.0 Å². The van der Waals surface area contributed by atoms with E-state index in [1.165, 1.54) is 0 Å². The van der Waals surface area contributed by atoms with Crippen molar-refractivity contribution in [3.63, 3.8) is 0 Å². The minimum atomic E-state index is -3.72. The van der Waals surface area contributed by atoms with Crippen LogP contribution in [0.25, 0.3) is 16.9 Å². The van der Waals surface area contributed by atoms with Gasteiger partial charge in [-0.3, -0.25) is 4.68 Å². The van der Waals surface area contributed by atoms with Crippen molar-refractivity contribution in [2.75, 3.05) is 0 Å². The minimum Gasteiger partial charge on any atom is -0.271 e. The second kappa shape index (κ2) is 7.89. The first-order chi connectivity index (χ1) is 14.4. The van der Waals surface area contributed by atoms with E-state index >= 15 is 0 Å². The molecular formula is C22H23N5O2S. The molecule has 2 heterocycles. The van der Waals surface area contributed by atoms with Gasteiger partial charge in [0.2, 0.25) is 10.0 Å². The van der Waals surface area contributed by atoms with Crippen LogP contribution in [0.2, 0.25) is 0 Å². The van der Waals surface area contributed by atoms with Crippen molar-refractivity contribution < 1.29 is 8.42 Å². The standard InChI is InChI=1S/C22H23N5O2S/c1-16-22(17(2)26(3)24-16)30(28,29)23-14-19-15-27(20-12-8-5-9-13-20)25-21(19)18-10-6-4-7-11-18/h4-13,15,23H,14H2,1-3H3. The molecule has 0 bridgehead atoms. The molecule has 0 spiro atoms. The lowest BCUT2D eigenvalue weighted by molar-refractivity contribution is 0.579. The SMILES string of the molecule is Cc1nn(C)c(C)c1S(=O)(=O)NCc1cn(-c2ccccc2)nc1-c1ccccc1. The van der Waals surface area contributed by atoms with Crippen LogP contribution in [-0.2, 0) is 23.6 Å². The van der Waals surface area contributed by atoms with Crippen LogP contribution in [0.5, 0.6) is 0 Å². The maximum atomic E-state index is 13.0. The Morgan fingerprint density at radius 1 is 0.933 bits per heavy atom. The molecule has 0 unspecified atom stereocenters. The van der Waals surface area contributed by atoms with E-state index < -0.39 is 10.0 Å². The molecule has 0 aliphatic heterocycles. The number of benzene rings is 2. The molecule has 8 heteroatoms. The number of hydrogen-bond acceptors (Lipinski definition) is 4. The van der Waals surface area contributed by atoms with Gasteiger partial charge in [-0.1, -0.05) is 48.5 Å². The van der Waals surface area contributed by atoms with Gasteiger partial charge in [0, 0.05) is 30.9 Å². The van der Waals surface area contributed by atoms with E-state index in [0.29, 0.717) is 11.4 Å². The average Bonchev–Trinajstić information content (AvgIpc) is 3.28. The van der Waals surface area contributed by atoms with Gasteiger partial charge in [0.1, 0.15) is 4.90 Å². The Morgan fingerprint density at radius 3 is 2.17 bits per heavy atom. The second-order valence-corrected chi connectivity index (χ2v) is 8.80. The van der Waals surface area contributed by atoms with Crippen molar-refractivity contribution in [2.45, 2.75) is 25.3 Å². The predicted molar refractivity (Wildman–Crippen MR) is 116 cm³/mol. The summed E-state index contributed by atoms with van der Waals surface area (Å²) in [4.78, 5) is 0.224. The smallest absolute Gasteiger partial charge is 0.244 e. The topological polar surface area (TPSA) is 81.8 Å². The van der Waals surface area contributed by atoms with Gasteiger partial charge in [-0.15, -0.1) is 0 Å². The normalized spacial score (nSPS) is 11.7. The summed E-state index contributed by atoms with van der Waals surface area (Å²) in [5.74, 6) is 0. The molecule has 0 aliphatic rings. The largest absolute Gasteiger partial charge is 0.271 e. The highest BCUT2D eigenvalue weighted by molar-refractivity contribution is 7.89. The van der Waals surface area contributed by atoms with Crippen molar-refractivity contribution in [1.82, 2.24) is 24.3 Å². The summed E-state index contributed by atoms with van der Waals surface area (Å²) in [6.07, 6.45) is 1.86. The van der Waals surface area contributed by atoms with Crippen LogP contribution in [0, 0.1) is 13.8 Å². The third kappa shape index (κ3) is 3.79. The summed E-state index contributed by atoms with van der Waals surface area (Å²) < 4.78 is 32.1. The van der Waals surface area contributed by atoms with Crippen molar-refractivity contribution >= 4 is 10.0 Å². The van der Waals surface area contributed by atoms with Crippen LogP contribution in [0.1, 0.15) is 17.0 Å². The second-order valence-electron chi connectivity index (χ2n) is 7.10. The monoisotopic (exact) mass is 421 g/mol. The molecule has 0 aliphatic carbocycles. The van der Waals surface area contributed by atoms with Gasteiger partial charge < -0.3 is 0 Å². The van der Waals surface area contributed by atoms with Crippen molar-refractivity contribution in [3.05, 3.63) is 83.8 Å². The highest BCUT2D eigenvalue weighted by Crippen LogP contribution is 2.25. The Balaban J connectivity index is 1.70. The Kier molecular flexibility index (Phi) is 5.27. The Bertz CT molecular complexity index is 1280. The average molecular weight is 422 g/mol. The first kappa shape index (κ1) is 20.1. The van der Waals surface area contributed by atoms with Crippen LogP contribution >= 0.6 is 0 Å². The quantitative estimate of drug-likeness (QED) is 0.518. The molecule has 2 aromatic carbocycles. The number of nitrogens with one attached hydrogen (secondary N) is 1. The first-order valence-electron chi connectivity index (χ1n) is 9.56. The molecule has 4 aromatic rings. The third-order valence-electron chi connectivity index (χ3n) is 5.02. The zero-order valence-corrected chi connectivity index (χ0v) is 17.9. The summed E-state index contributed by atoms with van der Waals surface area (Å²) in [6.45, 7) is 3.56. The molecule has 0 saturated heterocycles. The Morgan fingerprint density at radius 2 is 1.57 bits per heavy atom. The molecule has 1 N–H and O–H groups in total. The molecule has 0 atom stereocenters. The molecule has 0 fully saturated rings. The van der Waals surface area contributed by atoms with Gasteiger partial charge in [0.25, 0.3) is 0 Å². The van der Waals surface area contributed by atoms with E-state index in [1.54, 1.807) is 30.3 Å². The fourth-order valence-electron chi connectivity index (χ4n) is 3.48. The maximum absolute atomic E-state index is 13.0. The summed E-state index contributed by atoms with van der Waals surface area (Å²) in [5, 5.41) is 8.95.